The fraction of sp³-hybridized carbons (Fsp3) is 0.840. The van der Waals surface area contributed by atoms with E-state index in [0.717, 1.165) is 38.8 Å². The lowest BCUT2D eigenvalue weighted by Crippen LogP contribution is -2.23. The van der Waals surface area contributed by atoms with Crippen LogP contribution in [-0.2, 0) is 0 Å². The molecule has 3 saturated carbocycles. The number of hydrogen-bond donors (Lipinski definition) is 2. The first kappa shape index (κ1) is 22.1. The first-order valence-electron chi connectivity index (χ1n) is 12.1. The quantitative estimate of drug-likeness (QED) is 0.411. The third kappa shape index (κ3) is 5.70. The molecule has 0 unspecified atom stereocenters. The number of allylic oxidation sites excluding steroid dienone is 2. The molecule has 0 aromatic carbocycles. The lowest BCUT2D eigenvalue weighted by molar-refractivity contribution is 0.135. The van der Waals surface area contributed by atoms with Crippen LogP contribution in [0.2, 0.25) is 0 Å². The monoisotopic (exact) mass is 389 g/mol. The molecule has 0 saturated heterocycles. The van der Waals surface area contributed by atoms with Crippen LogP contribution in [0.15, 0.2) is 23.8 Å². The molecule has 0 bridgehead atoms. The van der Waals surface area contributed by atoms with Gasteiger partial charge in [-0.2, -0.15) is 0 Å². The molecule has 3 aliphatic rings. The molecule has 3 rings (SSSR count). The molecular formula is C25H43NO2. The lowest BCUT2D eigenvalue weighted by atomic mass is 9.89. The van der Waals surface area contributed by atoms with Crippen molar-refractivity contribution in [2.24, 2.45) is 23.7 Å². The Balaban J connectivity index is 1.44. The van der Waals surface area contributed by atoms with E-state index in [4.69, 9.17) is 0 Å². The smallest absolute Gasteiger partial charge is 0.0749 e. The van der Waals surface area contributed by atoms with E-state index in [1.54, 1.807) is 5.57 Å². The van der Waals surface area contributed by atoms with Gasteiger partial charge in [0.25, 0.3) is 0 Å². The summed E-state index contributed by atoms with van der Waals surface area (Å²) < 4.78 is 0. The summed E-state index contributed by atoms with van der Waals surface area (Å²) >= 11 is 0. The summed E-state index contributed by atoms with van der Waals surface area (Å²) in [4.78, 5) is 2.51. The molecule has 0 aromatic heterocycles. The van der Waals surface area contributed by atoms with Crippen molar-refractivity contribution in [2.45, 2.75) is 90.3 Å². The van der Waals surface area contributed by atoms with Crippen molar-refractivity contribution in [1.82, 2.24) is 4.90 Å². The predicted octanol–water partition coefficient (Wildman–Crippen LogP) is 4.94. The number of rotatable bonds is 10. The topological polar surface area (TPSA) is 43.7 Å². The SMILES string of the molecule is CCN(CC)CCCCC=C1C[C@H]2C[C@@H](O)[C@H](C=C[C@@H](O)C3CCCC3)[C@H]2C1. The van der Waals surface area contributed by atoms with Gasteiger partial charge in [-0.05, 0) is 88.8 Å². The van der Waals surface area contributed by atoms with Crippen molar-refractivity contribution in [3.63, 3.8) is 0 Å². The largest absolute Gasteiger partial charge is 0.392 e. The summed E-state index contributed by atoms with van der Waals surface area (Å²) in [5, 5.41) is 21.0. The van der Waals surface area contributed by atoms with Gasteiger partial charge in [0.1, 0.15) is 0 Å². The van der Waals surface area contributed by atoms with Gasteiger partial charge < -0.3 is 15.1 Å². The van der Waals surface area contributed by atoms with Gasteiger partial charge in [0.15, 0.2) is 0 Å². The van der Waals surface area contributed by atoms with Gasteiger partial charge in [0.05, 0.1) is 12.2 Å². The normalized spacial score (nSPS) is 33.5. The molecule has 3 heteroatoms. The summed E-state index contributed by atoms with van der Waals surface area (Å²) in [7, 11) is 0. The van der Waals surface area contributed by atoms with E-state index in [9.17, 15) is 10.2 Å². The molecule has 28 heavy (non-hydrogen) atoms. The van der Waals surface area contributed by atoms with Crippen molar-refractivity contribution in [3.05, 3.63) is 23.8 Å². The predicted molar refractivity (Wildman–Crippen MR) is 117 cm³/mol. The van der Waals surface area contributed by atoms with E-state index < -0.39 is 0 Å². The molecule has 160 valence electrons. The Morgan fingerprint density at radius 2 is 1.86 bits per heavy atom. The van der Waals surface area contributed by atoms with Crippen molar-refractivity contribution >= 4 is 0 Å². The molecule has 0 aromatic rings. The Morgan fingerprint density at radius 1 is 1.11 bits per heavy atom. The van der Waals surface area contributed by atoms with Crippen LogP contribution in [0.25, 0.3) is 0 Å². The zero-order valence-electron chi connectivity index (χ0n) is 18.2. The molecule has 0 spiro atoms. The van der Waals surface area contributed by atoms with Crippen LogP contribution < -0.4 is 0 Å². The molecule has 5 atom stereocenters. The van der Waals surface area contributed by atoms with E-state index in [1.807, 2.05) is 6.08 Å². The minimum Gasteiger partial charge on any atom is -0.392 e. The Hall–Kier alpha value is -0.640. The van der Waals surface area contributed by atoms with Gasteiger partial charge in [-0.3, -0.25) is 0 Å². The maximum Gasteiger partial charge on any atom is 0.0749 e. The van der Waals surface area contributed by atoms with Crippen LogP contribution in [0.5, 0.6) is 0 Å². The number of unbranched alkanes of at least 4 members (excludes halogenated alkanes) is 2. The summed E-state index contributed by atoms with van der Waals surface area (Å²) in [5.41, 5.74) is 1.62. The van der Waals surface area contributed by atoms with Crippen LogP contribution in [0.1, 0.15) is 78.1 Å². The second kappa shape index (κ2) is 10.9. The second-order valence-corrected chi connectivity index (χ2v) is 9.52. The number of fused-ring (bicyclic) bond motifs is 1. The average molecular weight is 390 g/mol. The lowest BCUT2D eigenvalue weighted by Gasteiger charge is -2.19. The van der Waals surface area contributed by atoms with Gasteiger partial charge in [-0.1, -0.05) is 50.5 Å². The van der Waals surface area contributed by atoms with Crippen LogP contribution in [-0.4, -0.2) is 47.0 Å². The van der Waals surface area contributed by atoms with E-state index in [1.165, 1.54) is 45.1 Å². The Labute approximate surface area is 172 Å². The van der Waals surface area contributed by atoms with Crippen molar-refractivity contribution in [2.75, 3.05) is 19.6 Å². The maximum absolute atomic E-state index is 10.5. The highest BCUT2D eigenvalue weighted by Gasteiger charge is 2.45. The number of aliphatic hydroxyl groups is 2. The molecule has 3 fully saturated rings. The van der Waals surface area contributed by atoms with Crippen LogP contribution in [0.4, 0.5) is 0 Å². The summed E-state index contributed by atoms with van der Waals surface area (Å²) in [6, 6.07) is 0. The van der Waals surface area contributed by atoms with Crippen molar-refractivity contribution in [3.8, 4) is 0 Å². The fourth-order valence-corrected chi connectivity index (χ4v) is 5.96. The number of hydrogen-bond acceptors (Lipinski definition) is 3. The van der Waals surface area contributed by atoms with Gasteiger partial charge in [0.2, 0.25) is 0 Å². The highest BCUT2D eigenvalue weighted by atomic mass is 16.3. The van der Waals surface area contributed by atoms with Gasteiger partial charge >= 0.3 is 0 Å². The highest BCUT2D eigenvalue weighted by molar-refractivity contribution is 5.18. The van der Waals surface area contributed by atoms with Gasteiger partial charge in [-0.25, -0.2) is 0 Å². The fourth-order valence-electron chi connectivity index (χ4n) is 5.96. The van der Waals surface area contributed by atoms with E-state index in [2.05, 4.69) is 30.9 Å². The Bertz CT molecular complexity index is 519. The zero-order valence-corrected chi connectivity index (χ0v) is 18.2. The van der Waals surface area contributed by atoms with Crippen LogP contribution in [0.3, 0.4) is 0 Å². The van der Waals surface area contributed by atoms with Crippen LogP contribution in [0, 0.1) is 23.7 Å². The van der Waals surface area contributed by atoms with E-state index >= 15 is 0 Å². The zero-order chi connectivity index (χ0) is 19.9. The number of nitrogens with zero attached hydrogens (tertiary/aromatic N) is 1. The Kier molecular flexibility index (Phi) is 8.62. The standard InChI is InChI=1S/C25H43NO2/c1-3-26(4-2)15-9-5-6-10-19-16-21-18-25(28)22(23(21)17-19)13-14-24(27)20-11-7-8-12-20/h10,13-14,20-25,27-28H,3-9,11-12,15-18H2,1-2H3/t21-,22+,23-,24+,25+/m0/s1. The molecule has 0 radical (unpaired) electrons. The molecule has 3 aliphatic carbocycles. The molecule has 2 N–H and O–H groups in total. The van der Waals surface area contributed by atoms with Gasteiger partial charge in [-0.15, -0.1) is 0 Å². The summed E-state index contributed by atoms with van der Waals surface area (Å²) in [6.07, 6.45) is 18.1. The summed E-state index contributed by atoms with van der Waals surface area (Å²) in [6.45, 7) is 8.04. The summed E-state index contributed by atoms with van der Waals surface area (Å²) in [5.74, 6) is 1.93. The Morgan fingerprint density at radius 3 is 2.57 bits per heavy atom. The molecule has 0 heterocycles. The molecule has 0 aliphatic heterocycles. The second-order valence-electron chi connectivity index (χ2n) is 9.52. The maximum atomic E-state index is 10.5. The third-order valence-corrected chi connectivity index (χ3v) is 7.78. The minimum atomic E-state index is -0.309. The van der Waals surface area contributed by atoms with Crippen molar-refractivity contribution in [1.29, 1.82) is 0 Å². The van der Waals surface area contributed by atoms with Gasteiger partial charge in [0, 0.05) is 5.92 Å². The van der Waals surface area contributed by atoms with E-state index in [-0.39, 0.29) is 18.1 Å². The molecular weight excluding hydrogens is 346 g/mol. The first-order chi connectivity index (χ1) is 13.6. The van der Waals surface area contributed by atoms with E-state index in [0.29, 0.717) is 17.8 Å². The third-order valence-electron chi connectivity index (χ3n) is 7.78. The van der Waals surface area contributed by atoms with Crippen LogP contribution >= 0.6 is 0 Å². The molecule has 3 nitrogen and oxygen atoms in total. The first-order valence-corrected chi connectivity index (χ1v) is 12.1. The highest BCUT2D eigenvalue weighted by Crippen LogP contribution is 2.50. The average Bonchev–Trinajstić information content (AvgIpc) is 3.40. The van der Waals surface area contributed by atoms with Crippen molar-refractivity contribution < 1.29 is 10.2 Å². The number of aliphatic hydroxyl groups excluding tert-OH is 2. The molecule has 0 amide bonds. The minimum absolute atomic E-state index is 0.211.